The average molecular weight is 514 g/mol. The minimum Gasteiger partial charge on any atom is -0.352 e. The normalized spacial score (nSPS) is 15.2. The number of carbonyl (C=O) groups is 2. The zero-order chi connectivity index (χ0) is 26.3. The summed E-state index contributed by atoms with van der Waals surface area (Å²) in [6, 6.07) is 14.4. The van der Waals surface area contributed by atoms with Gasteiger partial charge in [-0.3, -0.25) is 13.9 Å². The summed E-state index contributed by atoms with van der Waals surface area (Å²) in [5.74, 6) is -0.623. The number of nitrogens with zero attached hydrogens (tertiary/aromatic N) is 2. The predicted octanol–water partition coefficient (Wildman–Crippen LogP) is 4.19. The van der Waals surface area contributed by atoms with Crippen molar-refractivity contribution < 1.29 is 18.0 Å². The Labute approximate surface area is 215 Å². The zero-order valence-electron chi connectivity index (χ0n) is 21.9. The van der Waals surface area contributed by atoms with Gasteiger partial charge in [0.2, 0.25) is 21.8 Å². The van der Waals surface area contributed by atoms with Gasteiger partial charge in [-0.2, -0.15) is 0 Å². The number of hydrogen-bond acceptors (Lipinski definition) is 4. The van der Waals surface area contributed by atoms with Gasteiger partial charge >= 0.3 is 0 Å². The summed E-state index contributed by atoms with van der Waals surface area (Å²) in [5.41, 5.74) is 3.27. The lowest BCUT2D eigenvalue weighted by atomic mass is 9.95. The third kappa shape index (κ3) is 7.32. The summed E-state index contributed by atoms with van der Waals surface area (Å²) < 4.78 is 26.8. The molecule has 0 saturated heterocycles. The summed E-state index contributed by atoms with van der Waals surface area (Å²) >= 11 is 0. The Balaban J connectivity index is 1.89. The second-order valence-corrected chi connectivity index (χ2v) is 11.7. The summed E-state index contributed by atoms with van der Waals surface area (Å²) in [5, 5.41) is 3.12. The molecule has 1 fully saturated rings. The number of rotatable bonds is 10. The number of para-hydroxylation sites is 1. The molecule has 36 heavy (non-hydrogen) atoms. The highest BCUT2D eigenvalue weighted by Gasteiger charge is 2.31. The molecule has 8 heteroatoms. The lowest BCUT2D eigenvalue weighted by molar-refractivity contribution is -0.139. The van der Waals surface area contributed by atoms with E-state index in [2.05, 4.69) is 5.32 Å². The lowest BCUT2D eigenvalue weighted by Crippen LogP contribution is -2.53. The van der Waals surface area contributed by atoms with Crippen molar-refractivity contribution in [3.05, 3.63) is 65.2 Å². The van der Waals surface area contributed by atoms with Crippen LogP contribution in [0.15, 0.2) is 48.5 Å². The Morgan fingerprint density at radius 2 is 1.75 bits per heavy atom. The minimum absolute atomic E-state index is 0.119. The first-order chi connectivity index (χ1) is 17.1. The van der Waals surface area contributed by atoms with Crippen molar-refractivity contribution in [2.24, 2.45) is 0 Å². The highest BCUT2D eigenvalue weighted by atomic mass is 32.2. The number of nitrogens with one attached hydrogen (secondary N) is 1. The van der Waals surface area contributed by atoms with Gasteiger partial charge in [-0.1, -0.05) is 74.2 Å². The molecule has 196 valence electrons. The van der Waals surface area contributed by atoms with E-state index in [0.717, 1.165) is 52.9 Å². The molecule has 2 aromatic rings. The standard InChI is InChI=1S/C28H39N3O4S/c1-5-24-14-9-10-17-26(24)31(36(4,34)35)20-27(32)30(19-23-13-11-12-21(2)18-23)22(3)28(33)29-25-15-7-6-8-16-25/h9-14,17-18,22,25H,5-8,15-16,19-20H2,1-4H3,(H,29,33)/t22-/m1/s1. The molecule has 1 saturated carbocycles. The third-order valence-electron chi connectivity index (χ3n) is 6.87. The highest BCUT2D eigenvalue weighted by molar-refractivity contribution is 7.92. The smallest absolute Gasteiger partial charge is 0.244 e. The molecule has 1 aliphatic carbocycles. The summed E-state index contributed by atoms with van der Waals surface area (Å²) in [7, 11) is -3.74. The van der Waals surface area contributed by atoms with Gasteiger partial charge in [0.1, 0.15) is 12.6 Å². The van der Waals surface area contributed by atoms with E-state index < -0.39 is 22.0 Å². The van der Waals surface area contributed by atoms with Crippen LogP contribution in [0.5, 0.6) is 0 Å². The zero-order valence-corrected chi connectivity index (χ0v) is 22.7. The van der Waals surface area contributed by atoms with Crippen LogP contribution in [-0.4, -0.2) is 50.0 Å². The Morgan fingerprint density at radius 3 is 2.39 bits per heavy atom. The Bertz CT molecular complexity index is 1160. The Hall–Kier alpha value is -2.87. The molecule has 7 nitrogen and oxygen atoms in total. The Kier molecular flexibility index (Phi) is 9.54. The number of sulfonamides is 1. The Morgan fingerprint density at radius 1 is 1.06 bits per heavy atom. The number of anilines is 1. The van der Waals surface area contributed by atoms with Gasteiger partial charge < -0.3 is 10.2 Å². The van der Waals surface area contributed by atoms with Crippen LogP contribution in [0.25, 0.3) is 0 Å². The molecule has 0 aromatic heterocycles. The first kappa shape index (κ1) is 27.7. The SMILES string of the molecule is CCc1ccccc1N(CC(=O)N(Cc1cccc(C)c1)[C@H](C)C(=O)NC1CCCCC1)S(C)(=O)=O. The van der Waals surface area contributed by atoms with E-state index in [9.17, 15) is 18.0 Å². The molecule has 0 bridgehead atoms. The number of carbonyl (C=O) groups excluding carboxylic acids is 2. The number of amides is 2. The molecule has 0 radical (unpaired) electrons. The summed E-state index contributed by atoms with van der Waals surface area (Å²) in [6.07, 6.45) is 6.98. The number of hydrogen-bond donors (Lipinski definition) is 1. The second-order valence-electron chi connectivity index (χ2n) is 9.78. The fourth-order valence-electron chi connectivity index (χ4n) is 4.81. The molecule has 0 spiro atoms. The quantitative estimate of drug-likeness (QED) is 0.516. The van der Waals surface area contributed by atoms with Crippen molar-refractivity contribution in [1.29, 1.82) is 0 Å². The first-order valence-electron chi connectivity index (χ1n) is 12.8. The van der Waals surface area contributed by atoms with Gasteiger partial charge in [0.15, 0.2) is 0 Å². The topological polar surface area (TPSA) is 86.8 Å². The largest absolute Gasteiger partial charge is 0.352 e. The van der Waals surface area contributed by atoms with E-state index >= 15 is 0 Å². The molecule has 0 heterocycles. The van der Waals surface area contributed by atoms with Gasteiger partial charge in [0.05, 0.1) is 11.9 Å². The van der Waals surface area contributed by atoms with Gasteiger partial charge in [-0.15, -0.1) is 0 Å². The molecule has 3 rings (SSSR count). The predicted molar refractivity (Wildman–Crippen MR) is 144 cm³/mol. The van der Waals surface area contributed by atoms with Crippen LogP contribution in [0, 0.1) is 6.92 Å². The maximum Gasteiger partial charge on any atom is 0.244 e. The van der Waals surface area contributed by atoms with Crippen LogP contribution in [0.3, 0.4) is 0 Å². The van der Waals surface area contributed by atoms with Gasteiger partial charge in [-0.05, 0) is 50.3 Å². The molecule has 0 aliphatic heterocycles. The monoisotopic (exact) mass is 513 g/mol. The average Bonchev–Trinajstić information content (AvgIpc) is 2.85. The summed E-state index contributed by atoms with van der Waals surface area (Å²) in [4.78, 5) is 28.5. The molecular weight excluding hydrogens is 474 g/mol. The van der Waals surface area contributed by atoms with E-state index in [1.807, 2.05) is 50.2 Å². The van der Waals surface area contributed by atoms with Crippen molar-refractivity contribution in [3.8, 4) is 0 Å². The van der Waals surface area contributed by atoms with Crippen LogP contribution in [0.1, 0.15) is 62.6 Å². The van der Waals surface area contributed by atoms with Crippen LogP contribution in [-0.2, 0) is 32.6 Å². The van der Waals surface area contributed by atoms with Crippen molar-refractivity contribution >= 4 is 27.5 Å². The van der Waals surface area contributed by atoms with Crippen molar-refractivity contribution in [2.75, 3.05) is 17.1 Å². The van der Waals surface area contributed by atoms with Crippen molar-refractivity contribution in [3.63, 3.8) is 0 Å². The van der Waals surface area contributed by atoms with Crippen LogP contribution < -0.4 is 9.62 Å². The van der Waals surface area contributed by atoms with Crippen molar-refractivity contribution in [2.45, 2.75) is 77.9 Å². The maximum atomic E-state index is 13.7. The lowest BCUT2D eigenvalue weighted by Gasteiger charge is -2.33. The highest BCUT2D eigenvalue weighted by Crippen LogP contribution is 2.24. The molecule has 2 aromatic carbocycles. The molecule has 0 unspecified atom stereocenters. The van der Waals surface area contributed by atoms with E-state index in [-0.39, 0.29) is 25.0 Å². The van der Waals surface area contributed by atoms with E-state index in [1.165, 1.54) is 11.3 Å². The van der Waals surface area contributed by atoms with E-state index in [0.29, 0.717) is 12.1 Å². The van der Waals surface area contributed by atoms with Crippen LogP contribution >= 0.6 is 0 Å². The van der Waals surface area contributed by atoms with Gasteiger partial charge in [-0.25, -0.2) is 8.42 Å². The molecule has 1 atom stereocenters. The number of benzene rings is 2. The van der Waals surface area contributed by atoms with Gasteiger partial charge in [0.25, 0.3) is 0 Å². The minimum atomic E-state index is -3.74. The van der Waals surface area contributed by atoms with Crippen molar-refractivity contribution in [1.82, 2.24) is 10.2 Å². The molecular formula is C28H39N3O4S. The fourth-order valence-corrected chi connectivity index (χ4v) is 5.69. The second kappa shape index (κ2) is 12.4. The summed E-state index contributed by atoms with van der Waals surface area (Å²) in [6.45, 7) is 5.48. The molecule has 1 aliphatic rings. The fraction of sp³-hybridized carbons (Fsp3) is 0.500. The molecule has 2 amide bonds. The first-order valence-corrected chi connectivity index (χ1v) is 14.7. The maximum absolute atomic E-state index is 13.7. The van der Waals surface area contributed by atoms with Gasteiger partial charge in [0, 0.05) is 12.6 Å². The van der Waals surface area contributed by atoms with E-state index in [1.54, 1.807) is 19.1 Å². The third-order valence-corrected chi connectivity index (χ3v) is 8.00. The van der Waals surface area contributed by atoms with E-state index in [4.69, 9.17) is 0 Å². The van der Waals surface area contributed by atoms with Crippen LogP contribution in [0.2, 0.25) is 0 Å². The molecule has 1 N–H and O–H groups in total. The number of aryl methyl sites for hydroxylation is 2. The van der Waals surface area contributed by atoms with Crippen LogP contribution in [0.4, 0.5) is 5.69 Å².